The van der Waals surface area contributed by atoms with Crippen LogP contribution in [0.1, 0.15) is 6.42 Å². The van der Waals surface area contributed by atoms with Crippen molar-refractivity contribution in [1.82, 2.24) is 4.90 Å². The third-order valence-corrected chi connectivity index (χ3v) is 4.77. The van der Waals surface area contributed by atoms with E-state index in [1.165, 1.54) is 23.8 Å². The summed E-state index contributed by atoms with van der Waals surface area (Å²) in [6, 6.07) is 6.97. The number of carbonyl (C=O) groups excluding carboxylic acids is 2. The molecule has 0 aliphatic carbocycles. The van der Waals surface area contributed by atoms with Gasteiger partial charge in [-0.25, -0.2) is 4.79 Å². The van der Waals surface area contributed by atoms with Gasteiger partial charge in [-0.3, -0.25) is 4.79 Å². The first-order chi connectivity index (χ1) is 10.0. The molecule has 21 heavy (non-hydrogen) atoms. The summed E-state index contributed by atoms with van der Waals surface area (Å²) in [5.41, 5.74) is 0. The van der Waals surface area contributed by atoms with Crippen LogP contribution in [0.25, 0.3) is 0 Å². The van der Waals surface area contributed by atoms with Crippen LogP contribution in [-0.2, 0) is 14.3 Å². The van der Waals surface area contributed by atoms with Gasteiger partial charge >= 0.3 is 5.97 Å². The zero-order valence-electron chi connectivity index (χ0n) is 11.5. The third-order valence-electron chi connectivity index (χ3n) is 3.25. The lowest BCUT2D eigenvalue weighted by molar-refractivity contribution is -0.150. The second-order valence-electron chi connectivity index (χ2n) is 4.72. The minimum absolute atomic E-state index is 0.171. The van der Waals surface area contributed by atoms with Gasteiger partial charge in [0.2, 0.25) is 5.91 Å². The number of ether oxygens (including phenoxy) is 1. The lowest BCUT2D eigenvalue weighted by Gasteiger charge is -2.22. The lowest BCUT2D eigenvalue weighted by Crippen LogP contribution is -2.42. The fourth-order valence-corrected chi connectivity index (χ4v) is 3.26. The minimum atomic E-state index is -0.678. The highest BCUT2D eigenvalue weighted by molar-refractivity contribution is 9.10. The number of benzene rings is 1. The number of hydrogen-bond acceptors (Lipinski definition) is 5. The predicted molar refractivity (Wildman–Crippen MR) is 83.0 cm³/mol. The normalized spacial score (nSPS) is 21.4. The molecule has 1 heterocycles. The van der Waals surface area contributed by atoms with Crippen LogP contribution in [0.5, 0.6) is 0 Å². The minimum Gasteiger partial charge on any atom is -0.467 e. The molecular formula is C14H16BrNO4S. The maximum Gasteiger partial charge on any atom is 0.328 e. The summed E-state index contributed by atoms with van der Waals surface area (Å²) in [6.45, 7) is 0.180. The summed E-state index contributed by atoms with van der Waals surface area (Å²) in [5.74, 6) is -0.426. The number of methoxy groups -OCH3 is 1. The molecular weight excluding hydrogens is 358 g/mol. The predicted octanol–water partition coefficient (Wildman–Crippen LogP) is 1.68. The van der Waals surface area contributed by atoms with E-state index in [1.807, 2.05) is 24.3 Å². The largest absolute Gasteiger partial charge is 0.467 e. The Morgan fingerprint density at radius 2 is 2.10 bits per heavy atom. The summed E-state index contributed by atoms with van der Waals surface area (Å²) < 4.78 is 5.66. The van der Waals surface area contributed by atoms with Gasteiger partial charge in [0.15, 0.2) is 0 Å². The van der Waals surface area contributed by atoms with E-state index in [4.69, 9.17) is 0 Å². The SMILES string of the molecule is COC(=O)C1CC(O)CN1C(=O)CSc1ccc(Br)cc1. The molecule has 0 saturated carbocycles. The maximum absolute atomic E-state index is 12.2. The first-order valence-corrected chi connectivity index (χ1v) is 8.23. The first-order valence-electron chi connectivity index (χ1n) is 6.45. The topological polar surface area (TPSA) is 66.8 Å². The Morgan fingerprint density at radius 3 is 2.71 bits per heavy atom. The molecule has 1 aliphatic rings. The van der Waals surface area contributed by atoms with E-state index in [1.54, 1.807) is 0 Å². The molecule has 2 unspecified atom stereocenters. The standard InChI is InChI=1S/C14H16BrNO4S/c1-20-14(19)12-6-10(17)7-16(12)13(18)8-21-11-4-2-9(15)3-5-11/h2-5,10,12,17H,6-8H2,1H3. The number of β-amino-alcohol motifs (C(OH)–C–C–N with tert-alkyl or cyclic N) is 1. The fourth-order valence-electron chi connectivity index (χ4n) is 2.21. The molecule has 0 bridgehead atoms. The third kappa shape index (κ3) is 4.21. The number of halogens is 1. The average molecular weight is 374 g/mol. The summed E-state index contributed by atoms with van der Waals surface area (Å²) in [4.78, 5) is 26.3. The summed E-state index contributed by atoms with van der Waals surface area (Å²) in [5, 5.41) is 9.67. The van der Waals surface area contributed by atoms with Crippen molar-refractivity contribution in [2.45, 2.75) is 23.5 Å². The van der Waals surface area contributed by atoms with Crippen LogP contribution >= 0.6 is 27.7 Å². The Labute approximate surface area is 135 Å². The van der Waals surface area contributed by atoms with Gasteiger partial charge in [0.25, 0.3) is 0 Å². The van der Waals surface area contributed by atoms with E-state index < -0.39 is 18.1 Å². The number of hydrogen-bond donors (Lipinski definition) is 1. The van der Waals surface area contributed by atoms with Gasteiger partial charge in [0, 0.05) is 22.3 Å². The smallest absolute Gasteiger partial charge is 0.328 e. The molecule has 1 aliphatic heterocycles. The van der Waals surface area contributed by atoms with E-state index in [0.717, 1.165) is 9.37 Å². The number of likely N-dealkylation sites (tertiary alicyclic amines) is 1. The van der Waals surface area contributed by atoms with Crippen molar-refractivity contribution in [2.24, 2.45) is 0 Å². The van der Waals surface area contributed by atoms with Gasteiger partial charge in [-0.05, 0) is 24.3 Å². The van der Waals surface area contributed by atoms with Crippen LogP contribution in [0.3, 0.4) is 0 Å². The zero-order valence-corrected chi connectivity index (χ0v) is 13.9. The Hall–Kier alpha value is -1.05. The number of esters is 1. The van der Waals surface area contributed by atoms with E-state index in [0.29, 0.717) is 0 Å². The molecule has 2 rings (SSSR count). The Bertz CT molecular complexity index is 522. The van der Waals surface area contributed by atoms with Crippen LogP contribution in [0.2, 0.25) is 0 Å². The van der Waals surface area contributed by atoms with Gasteiger partial charge < -0.3 is 14.7 Å². The number of aliphatic hydroxyl groups is 1. The maximum atomic E-state index is 12.2. The molecule has 5 nitrogen and oxygen atoms in total. The van der Waals surface area contributed by atoms with Crippen molar-refractivity contribution >= 4 is 39.6 Å². The van der Waals surface area contributed by atoms with Crippen molar-refractivity contribution in [1.29, 1.82) is 0 Å². The van der Waals surface area contributed by atoms with Gasteiger partial charge in [-0.2, -0.15) is 0 Å². The number of carbonyl (C=O) groups is 2. The number of aliphatic hydroxyl groups excluding tert-OH is 1. The van der Waals surface area contributed by atoms with E-state index in [2.05, 4.69) is 20.7 Å². The van der Waals surface area contributed by atoms with Crippen LogP contribution in [0, 0.1) is 0 Å². The Balaban J connectivity index is 1.95. The number of amides is 1. The molecule has 0 radical (unpaired) electrons. The molecule has 1 aromatic carbocycles. The average Bonchev–Trinajstić information content (AvgIpc) is 2.87. The van der Waals surface area contributed by atoms with Gasteiger partial charge in [-0.15, -0.1) is 11.8 Å². The fraction of sp³-hybridized carbons (Fsp3) is 0.429. The highest BCUT2D eigenvalue weighted by atomic mass is 79.9. The Kier molecular flexibility index (Phi) is 5.66. The van der Waals surface area contributed by atoms with E-state index >= 15 is 0 Å². The van der Waals surface area contributed by atoms with Crippen molar-refractivity contribution in [3.63, 3.8) is 0 Å². The quantitative estimate of drug-likeness (QED) is 0.642. The lowest BCUT2D eigenvalue weighted by atomic mass is 10.2. The molecule has 0 aromatic heterocycles. The van der Waals surface area contributed by atoms with Crippen molar-refractivity contribution in [2.75, 3.05) is 19.4 Å². The number of thioether (sulfide) groups is 1. The van der Waals surface area contributed by atoms with Crippen LogP contribution in [0.15, 0.2) is 33.6 Å². The van der Waals surface area contributed by atoms with Crippen molar-refractivity contribution < 1.29 is 19.4 Å². The number of nitrogens with zero attached hydrogens (tertiary/aromatic N) is 1. The second-order valence-corrected chi connectivity index (χ2v) is 6.68. The van der Waals surface area contributed by atoms with Crippen molar-refractivity contribution in [3.8, 4) is 0 Å². The summed E-state index contributed by atoms with van der Waals surface area (Å²) in [7, 11) is 1.28. The molecule has 114 valence electrons. The van der Waals surface area contributed by atoms with Crippen LogP contribution < -0.4 is 0 Å². The molecule has 0 spiro atoms. The molecule has 2 atom stereocenters. The van der Waals surface area contributed by atoms with E-state index in [-0.39, 0.29) is 24.6 Å². The van der Waals surface area contributed by atoms with Gasteiger partial charge in [0.05, 0.1) is 19.0 Å². The number of rotatable bonds is 4. The Morgan fingerprint density at radius 1 is 1.43 bits per heavy atom. The second kappa shape index (κ2) is 7.29. The summed E-state index contributed by atoms with van der Waals surface area (Å²) >= 11 is 4.75. The highest BCUT2D eigenvalue weighted by Crippen LogP contribution is 2.24. The van der Waals surface area contributed by atoms with Crippen LogP contribution in [0.4, 0.5) is 0 Å². The van der Waals surface area contributed by atoms with Crippen molar-refractivity contribution in [3.05, 3.63) is 28.7 Å². The van der Waals surface area contributed by atoms with E-state index in [9.17, 15) is 14.7 Å². The van der Waals surface area contributed by atoms with Gasteiger partial charge in [0.1, 0.15) is 6.04 Å². The summed E-state index contributed by atoms with van der Waals surface area (Å²) in [6.07, 6.45) is -0.433. The first kappa shape index (κ1) is 16.3. The van der Waals surface area contributed by atoms with Crippen LogP contribution in [-0.4, -0.2) is 53.4 Å². The molecule has 1 amide bonds. The van der Waals surface area contributed by atoms with Gasteiger partial charge in [-0.1, -0.05) is 15.9 Å². The molecule has 1 N–H and O–H groups in total. The zero-order chi connectivity index (χ0) is 15.4. The molecule has 1 saturated heterocycles. The molecule has 7 heteroatoms. The molecule has 1 fully saturated rings. The monoisotopic (exact) mass is 373 g/mol. The molecule has 1 aromatic rings. The highest BCUT2D eigenvalue weighted by Gasteiger charge is 2.39.